The molecule has 4 N–H and O–H groups in total. The predicted octanol–water partition coefficient (Wildman–Crippen LogP) is 17.2. The molecule has 5 nitrogen and oxygen atoms in total. The van der Waals surface area contributed by atoms with Gasteiger partial charge in [-0.05, 0) is 64.2 Å². The van der Waals surface area contributed by atoms with Gasteiger partial charge in [0.1, 0.15) is 0 Å². The average molecular weight is 885 g/mol. The summed E-state index contributed by atoms with van der Waals surface area (Å²) < 4.78 is 0. The summed E-state index contributed by atoms with van der Waals surface area (Å²) in [5.41, 5.74) is 0. The maximum Gasteiger partial charge on any atom is 0.222 e. The van der Waals surface area contributed by atoms with Crippen LogP contribution in [0.1, 0.15) is 290 Å². The van der Waals surface area contributed by atoms with E-state index in [1.165, 1.54) is 218 Å². The van der Waals surface area contributed by atoms with Gasteiger partial charge in [0.2, 0.25) is 5.91 Å². The quantitative estimate of drug-likeness (QED) is 0.0362. The molecule has 0 saturated heterocycles. The van der Waals surface area contributed by atoms with Gasteiger partial charge < -0.3 is 20.6 Å². The first-order valence-electron chi connectivity index (χ1n) is 27.9. The van der Waals surface area contributed by atoms with E-state index in [2.05, 4.69) is 55.6 Å². The first-order valence-corrected chi connectivity index (χ1v) is 27.9. The molecular weight excluding hydrogens is 775 g/mol. The van der Waals surface area contributed by atoms with Gasteiger partial charge in [0.25, 0.3) is 0 Å². The molecule has 0 spiro atoms. The van der Waals surface area contributed by atoms with Gasteiger partial charge >= 0.3 is 0 Å². The lowest BCUT2D eigenvalue weighted by molar-refractivity contribution is -0.124. The summed E-state index contributed by atoms with van der Waals surface area (Å²) in [6, 6.07) is -0.767. The molecular formula is C58H109NO4. The predicted molar refractivity (Wildman–Crippen MR) is 277 cm³/mol. The highest BCUT2D eigenvalue weighted by molar-refractivity contribution is 5.76. The minimum Gasteiger partial charge on any atom is -0.394 e. The number of aliphatic hydroxyl groups excluding tert-OH is 3. The third kappa shape index (κ3) is 49.6. The van der Waals surface area contributed by atoms with Crippen molar-refractivity contribution in [3.63, 3.8) is 0 Å². The van der Waals surface area contributed by atoms with Crippen LogP contribution in [0, 0.1) is 0 Å². The van der Waals surface area contributed by atoms with Crippen molar-refractivity contribution in [2.45, 2.75) is 308 Å². The van der Waals surface area contributed by atoms with Crippen molar-refractivity contribution in [2.24, 2.45) is 0 Å². The second kappa shape index (κ2) is 52.9. The molecule has 0 rings (SSSR count). The highest BCUT2D eigenvalue weighted by atomic mass is 16.3. The molecule has 370 valence electrons. The maximum atomic E-state index is 12.4. The van der Waals surface area contributed by atoms with Crippen molar-refractivity contribution in [3.8, 4) is 0 Å². The first-order chi connectivity index (χ1) is 31.0. The molecule has 0 aliphatic carbocycles. The van der Waals surface area contributed by atoms with Crippen LogP contribution < -0.4 is 5.32 Å². The van der Waals surface area contributed by atoms with Gasteiger partial charge in [0, 0.05) is 0 Å². The van der Waals surface area contributed by atoms with Crippen LogP contribution in [0.25, 0.3) is 0 Å². The first kappa shape index (κ1) is 61.3. The lowest BCUT2D eigenvalue weighted by Crippen LogP contribution is -2.45. The molecule has 5 heteroatoms. The van der Waals surface area contributed by atoms with Crippen LogP contribution in [0.15, 0.2) is 48.6 Å². The second-order valence-electron chi connectivity index (χ2n) is 19.2. The smallest absolute Gasteiger partial charge is 0.222 e. The zero-order chi connectivity index (χ0) is 45.8. The number of aliphatic hydroxyl groups is 3. The highest BCUT2D eigenvalue weighted by Gasteiger charge is 2.20. The summed E-state index contributed by atoms with van der Waals surface area (Å²) >= 11 is 0. The Morgan fingerprint density at radius 1 is 0.397 bits per heavy atom. The van der Waals surface area contributed by atoms with Crippen LogP contribution in [-0.2, 0) is 4.79 Å². The van der Waals surface area contributed by atoms with Crippen LogP contribution in [0.2, 0.25) is 0 Å². The standard InChI is InChI=1S/C58H109NO4/c1-3-5-7-9-11-13-15-16-17-18-19-20-21-22-23-24-25-26-27-28-29-30-31-32-33-34-35-36-37-38-39-40-42-43-45-47-49-51-55(61)53-58(63)59-56(54-60)57(62)52-50-48-46-44-41-14-12-10-8-6-4-2/h8,10,28-29,41,44,50,52,55-57,60-62H,3-7,9,11-27,30-40,42-43,45-49,51,53-54H2,1-2H3,(H,59,63)/b10-8+,29-28-,44-41+,52-50+. The number of carbonyl (C=O) groups excluding carboxylic acids is 1. The Bertz CT molecular complexity index is 1020. The number of unbranched alkanes of at least 4 members (excludes halogenated alkanes) is 36. The van der Waals surface area contributed by atoms with Gasteiger partial charge in [-0.2, -0.15) is 0 Å². The van der Waals surface area contributed by atoms with E-state index in [-0.39, 0.29) is 18.9 Å². The van der Waals surface area contributed by atoms with Crippen LogP contribution >= 0.6 is 0 Å². The summed E-state index contributed by atoms with van der Waals surface area (Å²) in [7, 11) is 0. The average Bonchev–Trinajstić information content (AvgIpc) is 3.28. The van der Waals surface area contributed by atoms with E-state index in [4.69, 9.17) is 0 Å². The largest absolute Gasteiger partial charge is 0.394 e. The fourth-order valence-corrected chi connectivity index (χ4v) is 8.55. The molecule has 0 aliphatic rings. The highest BCUT2D eigenvalue weighted by Crippen LogP contribution is 2.17. The maximum absolute atomic E-state index is 12.4. The summed E-state index contributed by atoms with van der Waals surface area (Å²) in [6.07, 6.45) is 70.5. The Morgan fingerprint density at radius 2 is 0.714 bits per heavy atom. The van der Waals surface area contributed by atoms with Crippen molar-refractivity contribution >= 4 is 5.91 Å². The van der Waals surface area contributed by atoms with Gasteiger partial charge in [0.05, 0.1) is 31.3 Å². The fourth-order valence-electron chi connectivity index (χ4n) is 8.55. The number of nitrogens with one attached hydrogen (secondary N) is 1. The zero-order valence-corrected chi connectivity index (χ0v) is 42.2. The molecule has 1 amide bonds. The lowest BCUT2D eigenvalue weighted by Gasteiger charge is -2.21. The third-order valence-electron chi connectivity index (χ3n) is 12.8. The molecule has 0 bridgehead atoms. The van der Waals surface area contributed by atoms with E-state index in [9.17, 15) is 20.1 Å². The molecule has 0 fully saturated rings. The fraction of sp³-hybridized carbons (Fsp3) is 0.845. The Hall–Kier alpha value is -1.69. The molecule has 0 radical (unpaired) electrons. The molecule has 0 aliphatic heterocycles. The Morgan fingerprint density at radius 3 is 1.08 bits per heavy atom. The number of allylic oxidation sites excluding steroid dienone is 7. The monoisotopic (exact) mass is 884 g/mol. The molecule has 3 atom stereocenters. The van der Waals surface area contributed by atoms with E-state index in [1.807, 2.05) is 6.08 Å². The van der Waals surface area contributed by atoms with Crippen LogP contribution in [0.5, 0.6) is 0 Å². The minimum absolute atomic E-state index is 0.00264. The molecule has 0 aromatic carbocycles. The van der Waals surface area contributed by atoms with Crippen LogP contribution in [0.3, 0.4) is 0 Å². The van der Waals surface area contributed by atoms with Crippen LogP contribution in [0.4, 0.5) is 0 Å². The van der Waals surface area contributed by atoms with E-state index >= 15 is 0 Å². The van der Waals surface area contributed by atoms with E-state index < -0.39 is 18.2 Å². The SMILES string of the molecule is CCC/C=C/CC/C=C/CC/C=C/C(O)C(CO)NC(=O)CC(O)CCCCCCCCCCCCCCCCC/C=C\CCCCCCCCCCCCCCCCCCCC. The van der Waals surface area contributed by atoms with Gasteiger partial charge in [0.15, 0.2) is 0 Å². The Labute approximate surface area is 393 Å². The van der Waals surface area contributed by atoms with E-state index in [1.54, 1.807) is 6.08 Å². The number of hydrogen-bond acceptors (Lipinski definition) is 4. The second-order valence-corrected chi connectivity index (χ2v) is 19.2. The molecule has 63 heavy (non-hydrogen) atoms. The summed E-state index contributed by atoms with van der Waals surface area (Å²) in [6.45, 7) is 4.13. The van der Waals surface area contributed by atoms with Gasteiger partial charge in [-0.15, -0.1) is 0 Å². The van der Waals surface area contributed by atoms with E-state index in [0.717, 1.165) is 44.9 Å². The van der Waals surface area contributed by atoms with Gasteiger partial charge in [-0.25, -0.2) is 0 Å². The topological polar surface area (TPSA) is 89.8 Å². The normalized spacial score (nSPS) is 13.7. The zero-order valence-electron chi connectivity index (χ0n) is 42.2. The number of amides is 1. The molecule has 0 aromatic rings. The third-order valence-corrected chi connectivity index (χ3v) is 12.8. The molecule has 3 unspecified atom stereocenters. The summed E-state index contributed by atoms with van der Waals surface area (Å²) in [5.74, 6) is -0.330. The van der Waals surface area contributed by atoms with Crippen molar-refractivity contribution in [1.29, 1.82) is 0 Å². The van der Waals surface area contributed by atoms with Gasteiger partial charge in [-0.1, -0.05) is 268 Å². The van der Waals surface area contributed by atoms with Crippen molar-refractivity contribution < 1.29 is 20.1 Å². The Balaban J connectivity index is 3.45. The number of carbonyl (C=O) groups is 1. The molecule has 0 heterocycles. The number of rotatable bonds is 51. The van der Waals surface area contributed by atoms with Crippen LogP contribution in [-0.4, -0.2) is 46.1 Å². The van der Waals surface area contributed by atoms with E-state index in [0.29, 0.717) is 6.42 Å². The van der Waals surface area contributed by atoms with Crippen molar-refractivity contribution in [2.75, 3.05) is 6.61 Å². The van der Waals surface area contributed by atoms with Crippen molar-refractivity contribution in [3.05, 3.63) is 48.6 Å². The lowest BCUT2D eigenvalue weighted by atomic mass is 10.0. The summed E-state index contributed by atoms with van der Waals surface area (Å²) in [5, 5.41) is 33.2. The minimum atomic E-state index is -0.959. The van der Waals surface area contributed by atoms with Crippen molar-refractivity contribution in [1.82, 2.24) is 5.32 Å². The Kier molecular flexibility index (Phi) is 51.5. The van der Waals surface area contributed by atoms with Gasteiger partial charge in [-0.3, -0.25) is 4.79 Å². The molecule has 0 saturated carbocycles. The number of hydrogen-bond donors (Lipinski definition) is 4. The summed E-state index contributed by atoms with van der Waals surface area (Å²) in [4.78, 5) is 12.4. The molecule has 0 aromatic heterocycles.